The van der Waals surface area contributed by atoms with Gasteiger partial charge in [-0.05, 0) is 51.2 Å². The molecule has 2 saturated heterocycles. The Morgan fingerprint density at radius 1 is 1.24 bits per heavy atom. The fourth-order valence-electron chi connectivity index (χ4n) is 5.04. The Kier molecular flexibility index (Phi) is 4.45. The van der Waals surface area contributed by atoms with Gasteiger partial charge in [-0.3, -0.25) is 9.20 Å². The Labute approximate surface area is 188 Å². The summed E-state index contributed by atoms with van der Waals surface area (Å²) in [5.41, 5.74) is 0.946. The highest BCUT2D eigenvalue weighted by Crippen LogP contribution is 2.58. The maximum Gasteiger partial charge on any atom is 0.280 e. The molecule has 5 heterocycles. The van der Waals surface area contributed by atoms with Crippen molar-refractivity contribution in [3.63, 3.8) is 0 Å². The van der Waals surface area contributed by atoms with E-state index in [1.807, 2.05) is 6.20 Å². The number of hydrogen-bond donors (Lipinski definition) is 1. The second-order valence-electron chi connectivity index (χ2n) is 9.53. The van der Waals surface area contributed by atoms with Crippen LogP contribution in [0.1, 0.15) is 67.3 Å². The van der Waals surface area contributed by atoms with E-state index in [4.69, 9.17) is 14.5 Å². The van der Waals surface area contributed by atoms with Gasteiger partial charge in [-0.15, -0.1) is 0 Å². The van der Waals surface area contributed by atoms with Crippen LogP contribution in [-0.4, -0.2) is 43.6 Å². The number of halogens is 2. The molecule has 8 nitrogen and oxygen atoms in total. The van der Waals surface area contributed by atoms with Crippen LogP contribution in [0.4, 0.5) is 14.6 Å². The number of carbonyl (C=O) groups is 1. The maximum atomic E-state index is 13.0. The molecule has 4 aliphatic rings. The average Bonchev–Trinajstić information content (AvgIpc) is 3.41. The lowest BCUT2D eigenvalue weighted by atomic mass is 9.62. The van der Waals surface area contributed by atoms with E-state index in [2.05, 4.69) is 22.2 Å². The minimum atomic E-state index is -2.73. The third-order valence-corrected chi connectivity index (χ3v) is 6.87. The summed E-state index contributed by atoms with van der Waals surface area (Å²) in [6.45, 7) is 2.74. The predicted octanol–water partition coefficient (Wildman–Crippen LogP) is 4.07. The molecule has 10 heteroatoms. The summed E-state index contributed by atoms with van der Waals surface area (Å²) < 4.78 is 39.7. The zero-order valence-electron chi connectivity index (χ0n) is 18.1. The van der Waals surface area contributed by atoms with Crippen molar-refractivity contribution in [3.05, 3.63) is 47.7 Å². The number of pyridine rings is 1. The molecule has 1 amide bonds. The molecule has 1 N–H and O–H groups in total. The van der Waals surface area contributed by atoms with E-state index in [1.54, 1.807) is 10.6 Å². The monoisotopic (exact) mass is 455 g/mol. The molecule has 0 atom stereocenters. The normalized spacial score (nSPS) is 26.3. The number of aromatic nitrogens is 4. The average molecular weight is 455 g/mol. The summed E-state index contributed by atoms with van der Waals surface area (Å²) in [6, 6.07) is 4.08. The van der Waals surface area contributed by atoms with Gasteiger partial charge < -0.3 is 14.8 Å². The number of nitrogens with one attached hydrogen (secondary N) is 1. The van der Waals surface area contributed by atoms with E-state index in [-0.39, 0.29) is 28.6 Å². The van der Waals surface area contributed by atoms with Gasteiger partial charge in [0.25, 0.3) is 18.2 Å². The van der Waals surface area contributed by atoms with Crippen LogP contribution in [0.15, 0.2) is 30.6 Å². The highest BCUT2D eigenvalue weighted by atomic mass is 19.3. The molecular formula is C23H23F2N5O3. The van der Waals surface area contributed by atoms with Crippen molar-refractivity contribution in [1.29, 1.82) is 0 Å². The van der Waals surface area contributed by atoms with Gasteiger partial charge in [0, 0.05) is 17.8 Å². The van der Waals surface area contributed by atoms with E-state index >= 15 is 0 Å². The first kappa shape index (κ1) is 20.5. The van der Waals surface area contributed by atoms with E-state index in [9.17, 15) is 13.6 Å². The second-order valence-corrected chi connectivity index (χ2v) is 9.53. The molecular weight excluding hydrogens is 432 g/mol. The number of ether oxygens (including phenoxy) is 2. The van der Waals surface area contributed by atoms with Gasteiger partial charge in [-0.1, -0.05) is 6.07 Å². The molecule has 2 aliphatic carbocycles. The standard InChI is InChI=1S/C23H23F2N5O3/c1-22-10-23(11-22,12-32-22)16-9-30-8-15(27-21(19(30)28-16)33-13-4-2-5-13)20(31)29-17-7-3-6-14(26-17)18(24)25/h3,6-9,13,18H,2,4-5,10-12H2,1H3,(H,26,29,31). The molecule has 0 unspecified atom stereocenters. The molecule has 4 fully saturated rings. The Hall–Kier alpha value is -3.14. The van der Waals surface area contributed by atoms with Crippen molar-refractivity contribution < 1.29 is 23.0 Å². The zero-order valence-corrected chi connectivity index (χ0v) is 18.1. The third-order valence-electron chi connectivity index (χ3n) is 6.87. The minimum Gasteiger partial charge on any atom is -0.472 e. The van der Waals surface area contributed by atoms with Gasteiger partial charge in [0.15, 0.2) is 0 Å². The molecule has 7 rings (SSSR count). The molecule has 0 spiro atoms. The van der Waals surface area contributed by atoms with Crippen LogP contribution in [0.3, 0.4) is 0 Å². The van der Waals surface area contributed by atoms with Crippen molar-refractivity contribution in [3.8, 4) is 5.88 Å². The Bertz CT molecular complexity index is 1250. The molecule has 3 aromatic rings. The van der Waals surface area contributed by atoms with Crippen LogP contribution in [0.25, 0.3) is 5.65 Å². The number of alkyl halides is 2. The van der Waals surface area contributed by atoms with E-state index in [1.165, 1.54) is 18.2 Å². The van der Waals surface area contributed by atoms with Gasteiger partial charge in [0.2, 0.25) is 5.65 Å². The van der Waals surface area contributed by atoms with Gasteiger partial charge in [0.1, 0.15) is 23.3 Å². The summed E-state index contributed by atoms with van der Waals surface area (Å²) in [7, 11) is 0. The lowest BCUT2D eigenvalue weighted by Gasteiger charge is -2.41. The molecule has 172 valence electrons. The number of imidazole rings is 1. The smallest absolute Gasteiger partial charge is 0.280 e. The fourth-order valence-corrected chi connectivity index (χ4v) is 5.04. The van der Waals surface area contributed by atoms with Crippen molar-refractivity contribution >= 4 is 17.4 Å². The Balaban J connectivity index is 1.34. The molecule has 0 aromatic carbocycles. The summed E-state index contributed by atoms with van der Waals surface area (Å²) in [5, 5.41) is 2.55. The van der Waals surface area contributed by atoms with E-state index < -0.39 is 18.0 Å². The summed E-state index contributed by atoms with van der Waals surface area (Å²) in [5.74, 6) is -0.239. The summed E-state index contributed by atoms with van der Waals surface area (Å²) in [4.78, 5) is 26.0. The van der Waals surface area contributed by atoms with Crippen molar-refractivity contribution in [2.75, 3.05) is 11.9 Å². The van der Waals surface area contributed by atoms with Crippen LogP contribution < -0.4 is 10.1 Å². The number of rotatable bonds is 6. The number of hydrogen-bond acceptors (Lipinski definition) is 6. The predicted molar refractivity (Wildman–Crippen MR) is 114 cm³/mol. The van der Waals surface area contributed by atoms with E-state index in [0.29, 0.717) is 18.1 Å². The van der Waals surface area contributed by atoms with Crippen molar-refractivity contribution in [1.82, 2.24) is 19.4 Å². The topological polar surface area (TPSA) is 90.6 Å². The van der Waals surface area contributed by atoms with Gasteiger partial charge >= 0.3 is 0 Å². The molecule has 0 radical (unpaired) electrons. The Morgan fingerprint density at radius 3 is 2.73 bits per heavy atom. The zero-order chi connectivity index (χ0) is 22.8. The van der Waals surface area contributed by atoms with E-state index in [0.717, 1.165) is 37.8 Å². The molecule has 2 saturated carbocycles. The summed E-state index contributed by atoms with van der Waals surface area (Å²) >= 11 is 0. The number of amides is 1. The highest BCUT2D eigenvalue weighted by molar-refractivity contribution is 6.02. The molecule has 2 aliphatic heterocycles. The quantitative estimate of drug-likeness (QED) is 0.603. The van der Waals surface area contributed by atoms with Crippen LogP contribution in [0.2, 0.25) is 0 Å². The highest BCUT2D eigenvalue weighted by Gasteiger charge is 2.61. The second kappa shape index (κ2) is 7.18. The van der Waals surface area contributed by atoms with Crippen LogP contribution in [0, 0.1) is 0 Å². The number of nitrogens with zero attached hydrogens (tertiary/aromatic N) is 4. The number of carbonyl (C=O) groups excluding carboxylic acids is 1. The lowest BCUT2D eigenvalue weighted by molar-refractivity contribution is 0.0154. The molecule has 33 heavy (non-hydrogen) atoms. The number of fused-ring (bicyclic) bond motifs is 2. The van der Waals surface area contributed by atoms with Crippen molar-refractivity contribution in [2.24, 2.45) is 0 Å². The first-order valence-corrected chi connectivity index (χ1v) is 11.1. The van der Waals surface area contributed by atoms with Gasteiger partial charge in [-0.2, -0.15) is 0 Å². The van der Waals surface area contributed by atoms with Crippen LogP contribution >= 0.6 is 0 Å². The Morgan fingerprint density at radius 2 is 2.06 bits per heavy atom. The van der Waals surface area contributed by atoms with Gasteiger partial charge in [-0.25, -0.2) is 23.7 Å². The maximum absolute atomic E-state index is 13.0. The van der Waals surface area contributed by atoms with Gasteiger partial charge in [0.05, 0.1) is 17.9 Å². The fraction of sp³-hybridized carbons (Fsp3) is 0.478. The van der Waals surface area contributed by atoms with Crippen molar-refractivity contribution in [2.45, 2.75) is 62.6 Å². The van der Waals surface area contributed by atoms with Crippen LogP contribution in [-0.2, 0) is 10.2 Å². The number of anilines is 1. The largest absolute Gasteiger partial charge is 0.472 e. The molecule has 3 aromatic heterocycles. The molecule has 2 bridgehead atoms. The van der Waals surface area contributed by atoms with Crippen LogP contribution in [0.5, 0.6) is 5.88 Å². The summed E-state index contributed by atoms with van der Waals surface area (Å²) in [6.07, 6.45) is 5.58. The lowest BCUT2D eigenvalue weighted by Crippen LogP contribution is -2.45. The first-order chi connectivity index (χ1) is 15.8. The SMILES string of the molecule is CC12CC(c3cn4cc(C(=O)Nc5cccc(C(F)F)n5)nc(OC5CCC5)c4n3)(CO1)C2. The first-order valence-electron chi connectivity index (χ1n) is 11.1. The minimum absolute atomic E-state index is 0.0308. The third kappa shape index (κ3) is 3.43.